The summed E-state index contributed by atoms with van der Waals surface area (Å²) in [7, 11) is -1.11. The van der Waals surface area contributed by atoms with Crippen LogP contribution < -0.4 is 0 Å². The molecule has 6 rings (SSSR count). The predicted octanol–water partition coefficient (Wildman–Crippen LogP) is 6.63. The molecule has 2 saturated heterocycles. The number of carboxylic acids is 1. The molecule has 2 aliphatic rings. The standard InChI is InChI=1S/C30H26Cl2F3N3O5S/c1-15(29(39)40)42-24-14-44(18-7-8-19(31)20(32)11-18)25-13-41-30(16-5-3-2-4-6-16)43-28(25)27(24)38-12-23(36-37-38)17-9-21(33)26(35)22(34)10-17/h2-12,15,24-25,27-28,30,44H,13-14H2,1H3,(H,39,40)/t15?,24-,25+,27-,28-,30?/m0/s1. The van der Waals surface area contributed by atoms with E-state index in [2.05, 4.69) is 10.3 Å². The molecule has 232 valence electrons. The maximum Gasteiger partial charge on any atom is 0.332 e. The van der Waals surface area contributed by atoms with Crippen molar-refractivity contribution < 1.29 is 37.3 Å². The molecule has 2 aliphatic heterocycles. The molecule has 7 atom stereocenters. The van der Waals surface area contributed by atoms with Crippen LogP contribution >= 0.6 is 34.1 Å². The first kappa shape index (κ1) is 30.9. The van der Waals surface area contributed by atoms with E-state index < -0.39 is 65.0 Å². The van der Waals surface area contributed by atoms with Gasteiger partial charge in [-0.3, -0.25) is 0 Å². The number of rotatable bonds is 7. The lowest BCUT2D eigenvalue weighted by molar-refractivity contribution is -0.236. The smallest absolute Gasteiger partial charge is 0.332 e. The molecule has 8 nitrogen and oxygen atoms in total. The molecule has 14 heteroatoms. The highest BCUT2D eigenvalue weighted by Crippen LogP contribution is 2.55. The second-order valence-corrected chi connectivity index (χ2v) is 13.8. The molecular formula is C30H26Cl2F3N3O5S. The lowest BCUT2D eigenvalue weighted by Crippen LogP contribution is -2.55. The van der Waals surface area contributed by atoms with E-state index in [1.165, 1.54) is 17.8 Å². The van der Waals surface area contributed by atoms with Crippen molar-refractivity contribution in [2.24, 2.45) is 0 Å². The van der Waals surface area contributed by atoms with Gasteiger partial charge in [0, 0.05) is 22.1 Å². The minimum Gasteiger partial charge on any atom is -0.479 e. The number of benzene rings is 3. The summed E-state index contributed by atoms with van der Waals surface area (Å²) in [5.41, 5.74) is 0.833. The van der Waals surface area contributed by atoms with Crippen LogP contribution in [0.25, 0.3) is 11.3 Å². The Morgan fingerprint density at radius 2 is 1.82 bits per heavy atom. The Morgan fingerprint density at radius 1 is 1.09 bits per heavy atom. The SMILES string of the molecule is CC(O[C@H]1C[SH](c2ccc(Cl)c(Cl)c2)[C@@H]2COC(c3ccccc3)O[C@@H]2[C@H]1n1cc(-c2cc(F)c(F)c(F)c2)nn1)C(=O)O. The number of aromatic nitrogens is 3. The summed E-state index contributed by atoms with van der Waals surface area (Å²) in [5.74, 6) is -5.10. The molecule has 3 unspecified atom stereocenters. The average Bonchev–Trinajstić information content (AvgIpc) is 3.50. The van der Waals surface area contributed by atoms with E-state index in [4.69, 9.17) is 37.4 Å². The molecule has 44 heavy (non-hydrogen) atoms. The van der Waals surface area contributed by atoms with E-state index in [0.29, 0.717) is 22.4 Å². The molecule has 0 saturated carbocycles. The van der Waals surface area contributed by atoms with Crippen LogP contribution in [-0.4, -0.2) is 62.0 Å². The van der Waals surface area contributed by atoms with Gasteiger partial charge in [-0.15, -0.1) is 5.10 Å². The van der Waals surface area contributed by atoms with Crippen LogP contribution in [0.1, 0.15) is 24.8 Å². The predicted molar refractivity (Wildman–Crippen MR) is 159 cm³/mol. The van der Waals surface area contributed by atoms with E-state index in [1.807, 2.05) is 36.4 Å². The van der Waals surface area contributed by atoms with E-state index in [-0.39, 0.29) is 16.5 Å². The largest absolute Gasteiger partial charge is 0.479 e. The number of fused-ring (bicyclic) bond motifs is 1. The van der Waals surface area contributed by atoms with Gasteiger partial charge in [0.1, 0.15) is 11.7 Å². The Morgan fingerprint density at radius 3 is 2.50 bits per heavy atom. The number of hydrogen-bond acceptors (Lipinski definition) is 6. The quantitative estimate of drug-likeness (QED) is 0.169. The van der Waals surface area contributed by atoms with Gasteiger partial charge in [0.15, 0.2) is 29.8 Å². The molecule has 3 heterocycles. The molecule has 0 spiro atoms. The number of ether oxygens (including phenoxy) is 3. The van der Waals surface area contributed by atoms with Gasteiger partial charge >= 0.3 is 5.97 Å². The topological polar surface area (TPSA) is 95.7 Å². The summed E-state index contributed by atoms with van der Waals surface area (Å²) in [6, 6.07) is 15.6. The Labute approximate surface area is 263 Å². The Kier molecular flexibility index (Phi) is 8.91. The molecule has 0 bridgehead atoms. The van der Waals surface area contributed by atoms with Gasteiger partial charge in [0.05, 0.1) is 35.1 Å². The molecule has 0 amide bonds. The Bertz CT molecular complexity index is 1660. The van der Waals surface area contributed by atoms with Crippen molar-refractivity contribution in [1.82, 2.24) is 15.0 Å². The molecule has 0 aliphatic carbocycles. The zero-order valence-corrected chi connectivity index (χ0v) is 25.4. The van der Waals surface area contributed by atoms with Crippen molar-refractivity contribution in [3.63, 3.8) is 0 Å². The highest BCUT2D eigenvalue weighted by molar-refractivity contribution is 8.17. The Balaban J connectivity index is 1.44. The lowest BCUT2D eigenvalue weighted by Gasteiger charge is -2.52. The highest BCUT2D eigenvalue weighted by atomic mass is 35.5. The van der Waals surface area contributed by atoms with Crippen LogP contribution in [0.3, 0.4) is 0 Å². The molecule has 0 radical (unpaired) electrons. The summed E-state index contributed by atoms with van der Waals surface area (Å²) in [4.78, 5) is 12.8. The van der Waals surface area contributed by atoms with Crippen molar-refractivity contribution in [2.45, 2.75) is 47.7 Å². The van der Waals surface area contributed by atoms with Crippen molar-refractivity contribution in [1.29, 1.82) is 0 Å². The first-order valence-corrected chi connectivity index (χ1v) is 15.9. The van der Waals surface area contributed by atoms with Gasteiger partial charge in [-0.05, 0) is 42.2 Å². The van der Waals surface area contributed by atoms with Crippen LogP contribution in [0.2, 0.25) is 10.0 Å². The minimum absolute atomic E-state index is 0.0236. The number of carboxylic acid groups (broad SMARTS) is 1. The summed E-state index contributed by atoms with van der Waals surface area (Å²) in [6.07, 6.45) is -1.86. The van der Waals surface area contributed by atoms with E-state index in [1.54, 1.807) is 12.1 Å². The first-order chi connectivity index (χ1) is 21.1. The Hall–Kier alpha value is -3.13. The van der Waals surface area contributed by atoms with Crippen LogP contribution in [0.4, 0.5) is 13.2 Å². The van der Waals surface area contributed by atoms with E-state index in [0.717, 1.165) is 22.6 Å². The average molecular weight is 669 g/mol. The molecule has 3 aromatic carbocycles. The molecule has 2 fully saturated rings. The van der Waals surface area contributed by atoms with Gasteiger partial charge < -0.3 is 19.3 Å². The number of thiol groups is 1. The van der Waals surface area contributed by atoms with Crippen LogP contribution in [0.5, 0.6) is 0 Å². The van der Waals surface area contributed by atoms with Crippen molar-refractivity contribution in [2.75, 3.05) is 12.4 Å². The monoisotopic (exact) mass is 667 g/mol. The highest BCUT2D eigenvalue weighted by Gasteiger charge is 2.51. The van der Waals surface area contributed by atoms with Gasteiger partial charge in [0.2, 0.25) is 0 Å². The second-order valence-electron chi connectivity index (χ2n) is 10.5. The fourth-order valence-electron chi connectivity index (χ4n) is 5.55. The first-order valence-electron chi connectivity index (χ1n) is 13.6. The summed E-state index contributed by atoms with van der Waals surface area (Å²) in [5, 5.41) is 18.6. The fraction of sp³-hybridized carbons (Fsp3) is 0.300. The van der Waals surface area contributed by atoms with Gasteiger partial charge in [-0.25, -0.2) is 33.5 Å². The van der Waals surface area contributed by atoms with Gasteiger partial charge in [-0.2, -0.15) is 0 Å². The molecular weight excluding hydrogens is 642 g/mol. The normalized spacial score (nSPS) is 26.6. The maximum absolute atomic E-state index is 14.1. The van der Waals surface area contributed by atoms with Gasteiger partial charge in [-0.1, -0.05) is 58.7 Å². The fourth-order valence-corrected chi connectivity index (χ4v) is 8.90. The number of nitrogens with zero attached hydrogens (tertiary/aromatic N) is 3. The number of carbonyl (C=O) groups is 1. The van der Waals surface area contributed by atoms with Crippen molar-refractivity contribution >= 4 is 40.1 Å². The van der Waals surface area contributed by atoms with Crippen LogP contribution in [0, 0.1) is 17.5 Å². The van der Waals surface area contributed by atoms with E-state index >= 15 is 0 Å². The molecule has 1 N–H and O–H groups in total. The van der Waals surface area contributed by atoms with Gasteiger partial charge in [0.25, 0.3) is 0 Å². The lowest BCUT2D eigenvalue weighted by atomic mass is 10.00. The van der Waals surface area contributed by atoms with Crippen LogP contribution in [-0.2, 0) is 19.0 Å². The zero-order valence-electron chi connectivity index (χ0n) is 23.0. The maximum atomic E-state index is 14.1. The third kappa shape index (κ3) is 6.07. The summed E-state index contributed by atoms with van der Waals surface area (Å²) < 4.78 is 62.2. The van der Waals surface area contributed by atoms with Crippen molar-refractivity contribution in [3.8, 4) is 11.3 Å². The second kappa shape index (κ2) is 12.7. The zero-order chi connectivity index (χ0) is 31.1. The van der Waals surface area contributed by atoms with Crippen molar-refractivity contribution in [3.05, 3.63) is 99.9 Å². The number of halogens is 5. The van der Waals surface area contributed by atoms with E-state index in [9.17, 15) is 23.1 Å². The molecule has 1 aromatic heterocycles. The number of hydrogen-bond donors (Lipinski definition) is 2. The summed E-state index contributed by atoms with van der Waals surface area (Å²) >= 11 is 12.6. The summed E-state index contributed by atoms with van der Waals surface area (Å²) in [6.45, 7) is 1.73. The molecule has 4 aromatic rings. The van der Waals surface area contributed by atoms with Crippen LogP contribution in [0.15, 0.2) is 71.8 Å². The minimum atomic E-state index is -1.59. The third-order valence-corrected chi connectivity index (χ3v) is 11.4. The number of aliphatic carboxylic acids is 1. The third-order valence-electron chi connectivity index (χ3n) is 7.70.